The van der Waals surface area contributed by atoms with Crippen molar-refractivity contribution in [3.05, 3.63) is 0 Å². The third-order valence-electron chi connectivity index (χ3n) is 1.39. The van der Waals surface area contributed by atoms with E-state index in [1.54, 1.807) is 18.8 Å². The summed E-state index contributed by atoms with van der Waals surface area (Å²) in [5.41, 5.74) is 5.73. The molecule has 0 fully saturated rings. The molecule has 0 aliphatic rings. The summed E-state index contributed by atoms with van der Waals surface area (Å²) in [7, 11) is 3.43. The van der Waals surface area contributed by atoms with Gasteiger partial charge in [0.2, 0.25) is 5.16 Å². The first-order chi connectivity index (χ1) is 6.24. The van der Waals surface area contributed by atoms with E-state index >= 15 is 0 Å². The molecule has 0 saturated heterocycles. The molecular weight excluding hydrogens is 190 g/mol. The van der Waals surface area contributed by atoms with Crippen LogP contribution in [0.15, 0.2) is 5.16 Å². The number of hydrogen-bond donors (Lipinski definition) is 1. The largest absolute Gasteiger partial charge is 0.383 e. The number of aryl methyl sites for hydroxylation is 1. The number of hydrogen-bond acceptors (Lipinski definition) is 6. The number of methoxy groups -OCH3 is 1. The van der Waals surface area contributed by atoms with E-state index in [0.717, 1.165) is 10.9 Å². The molecule has 1 unspecified atom stereocenters. The minimum absolute atomic E-state index is 0.0201. The number of thioether (sulfide) groups is 1. The van der Waals surface area contributed by atoms with Crippen molar-refractivity contribution in [3.8, 4) is 0 Å². The van der Waals surface area contributed by atoms with Crippen LogP contribution in [0.2, 0.25) is 0 Å². The van der Waals surface area contributed by atoms with Crippen molar-refractivity contribution in [2.45, 2.75) is 11.2 Å². The zero-order valence-corrected chi connectivity index (χ0v) is 8.49. The Labute approximate surface area is 80.8 Å². The highest BCUT2D eigenvalue weighted by molar-refractivity contribution is 7.99. The topological polar surface area (TPSA) is 78.8 Å². The van der Waals surface area contributed by atoms with E-state index in [9.17, 15) is 0 Å². The van der Waals surface area contributed by atoms with Crippen molar-refractivity contribution >= 4 is 11.8 Å². The molecule has 0 aliphatic heterocycles. The molecule has 0 saturated carbocycles. The Morgan fingerprint density at radius 1 is 1.69 bits per heavy atom. The molecule has 6 nitrogen and oxygen atoms in total. The maximum absolute atomic E-state index is 5.73. The molecule has 1 aromatic rings. The summed E-state index contributed by atoms with van der Waals surface area (Å²) in [4.78, 5) is 0. The molecule has 0 aliphatic carbocycles. The molecule has 7 heteroatoms. The quantitative estimate of drug-likeness (QED) is 0.636. The Hall–Kier alpha value is -0.660. The van der Waals surface area contributed by atoms with Gasteiger partial charge in [0, 0.05) is 26.0 Å². The Kier molecular flexibility index (Phi) is 4.13. The minimum atomic E-state index is 0.0201. The Balaban J connectivity index is 2.30. The van der Waals surface area contributed by atoms with Crippen molar-refractivity contribution in [1.82, 2.24) is 20.2 Å². The summed E-state index contributed by atoms with van der Waals surface area (Å²) >= 11 is 1.52. The van der Waals surface area contributed by atoms with Crippen LogP contribution in [0.1, 0.15) is 0 Å². The smallest absolute Gasteiger partial charge is 0.209 e. The Morgan fingerprint density at radius 3 is 3.00 bits per heavy atom. The number of ether oxygens (including phenoxy) is 1. The molecule has 1 atom stereocenters. The molecule has 1 heterocycles. The van der Waals surface area contributed by atoms with Crippen molar-refractivity contribution in [2.75, 3.05) is 19.5 Å². The van der Waals surface area contributed by atoms with Gasteiger partial charge in [-0.2, -0.15) is 0 Å². The highest BCUT2D eigenvalue weighted by Crippen LogP contribution is 2.12. The van der Waals surface area contributed by atoms with Crippen molar-refractivity contribution in [1.29, 1.82) is 0 Å². The van der Waals surface area contributed by atoms with Gasteiger partial charge >= 0.3 is 0 Å². The third kappa shape index (κ3) is 3.29. The Bertz CT molecular complexity index is 253. The van der Waals surface area contributed by atoms with Gasteiger partial charge in [-0.05, 0) is 10.4 Å². The lowest BCUT2D eigenvalue weighted by molar-refractivity contribution is 0.186. The second-order valence-electron chi connectivity index (χ2n) is 2.61. The highest BCUT2D eigenvalue weighted by atomic mass is 32.2. The maximum Gasteiger partial charge on any atom is 0.209 e. The second-order valence-corrected chi connectivity index (χ2v) is 3.60. The standard InChI is InChI=1S/C6H13N5OS/c1-11-6(8-9-10-11)13-4-5(7)3-12-2/h5H,3-4,7H2,1-2H3. The molecule has 2 N–H and O–H groups in total. The molecule has 0 spiro atoms. The van der Waals surface area contributed by atoms with Crippen LogP contribution in [0, 0.1) is 0 Å². The maximum atomic E-state index is 5.73. The number of tetrazole rings is 1. The van der Waals surface area contributed by atoms with E-state index in [2.05, 4.69) is 15.5 Å². The average molecular weight is 203 g/mol. The summed E-state index contributed by atoms with van der Waals surface area (Å²) in [6.45, 7) is 0.554. The first kappa shape index (κ1) is 10.4. The number of rotatable bonds is 5. The number of nitrogens with two attached hydrogens (primary N) is 1. The molecule has 13 heavy (non-hydrogen) atoms. The van der Waals surface area contributed by atoms with E-state index < -0.39 is 0 Å². The van der Waals surface area contributed by atoms with Gasteiger partial charge in [-0.15, -0.1) is 5.10 Å². The van der Waals surface area contributed by atoms with Crippen LogP contribution in [0.25, 0.3) is 0 Å². The molecular formula is C6H13N5OS. The van der Waals surface area contributed by atoms with Crippen molar-refractivity contribution < 1.29 is 4.74 Å². The van der Waals surface area contributed by atoms with Gasteiger partial charge < -0.3 is 10.5 Å². The lowest BCUT2D eigenvalue weighted by Gasteiger charge is -2.07. The van der Waals surface area contributed by atoms with Gasteiger partial charge in [-0.1, -0.05) is 11.8 Å². The van der Waals surface area contributed by atoms with Crippen LogP contribution >= 0.6 is 11.8 Å². The van der Waals surface area contributed by atoms with Crippen molar-refractivity contribution in [3.63, 3.8) is 0 Å². The van der Waals surface area contributed by atoms with E-state index in [1.165, 1.54) is 11.8 Å². The van der Waals surface area contributed by atoms with Crippen LogP contribution in [0.4, 0.5) is 0 Å². The second kappa shape index (κ2) is 5.15. The van der Waals surface area contributed by atoms with Crippen LogP contribution in [-0.4, -0.2) is 45.7 Å². The highest BCUT2D eigenvalue weighted by Gasteiger charge is 2.06. The first-order valence-electron chi connectivity index (χ1n) is 3.83. The molecule has 1 aromatic heterocycles. The summed E-state index contributed by atoms with van der Waals surface area (Å²) in [6.07, 6.45) is 0. The van der Waals surface area contributed by atoms with Crippen molar-refractivity contribution in [2.24, 2.45) is 12.8 Å². The van der Waals surface area contributed by atoms with E-state index in [1.807, 2.05) is 0 Å². The summed E-state index contributed by atoms with van der Waals surface area (Å²) in [6, 6.07) is 0.0201. The SMILES string of the molecule is COCC(N)CSc1nnnn1C. The molecule has 0 bridgehead atoms. The monoisotopic (exact) mass is 203 g/mol. The fourth-order valence-corrected chi connectivity index (χ4v) is 1.56. The van der Waals surface area contributed by atoms with Gasteiger partial charge in [0.1, 0.15) is 0 Å². The van der Waals surface area contributed by atoms with E-state index in [-0.39, 0.29) is 6.04 Å². The zero-order valence-electron chi connectivity index (χ0n) is 7.67. The normalized spacial score (nSPS) is 13.2. The lowest BCUT2D eigenvalue weighted by Crippen LogP contribution is -2.28. The van der Waals surface area contributed by atoms with Gasteiger partial charge in [-0.3, -0.25) is 0 Å². The molecule has 0 radical (unpaired) electrons. The third-order valence-corrected chi connectivity index (χ3v) is 2.59. The molecule has 74 valence electrons. The number of nitrogens with zero attached hydrogens (tertiary/aromatic N) is 4. The Morgan fingerprint density at radius 2 is 2.46 bits per heavy atom. The first-order valence-corrected chi connectivity index (χ1v) is 4.82. The summed E-state index contributed by atoms with van der Waals surface area (Å²) in [5, 5.41) is 11.8. The van der Waals surface area contributed by atoms with Gasteiger partial charge in [0.05, 0.1) is 6.61 Å². The van der Waals surface area contributed by atoms with Crippen LogP contribution in [0.3, 0.4) is 0 Å². The van der Waals surface area contributed by atoms with E-state index in [0.29, 0.717) is 6.61 Å². The predicted molar refractivity (Wildman–Crippen MR) is 49.4 cm³/mol. The van der Waals surface area contributed by atoms with Gasteiger partial charge in [0.15, 0.2) is 0 Å². The number of aromatic nitrogens is 4. The summed E-state index contributed by atoms with van der Waals surface area (Å²) in [5.74, 6) is 0.752. The fraction of sp³-hybridized carbons (Fsp3) is 0.833. The molecule has 1 rings (SSSR count). The fourth-order valence-electron chi connectivity index (χ4n) is 0.787. The van der Waals surface area contributed by atoms with E-state index in [4.69, 9.17) is 10.5 Å². The minimum Gasteiger partial charge on any atom is -0.383 e. The van der Waals surface area contributed by atoms with Crippen LogP contribution in [0.5, 0.6) is 0 Å². The predicted octanol–water partition coefficient (Wildman–Crippen LogP) is -0.724. The van der Waals surface area contributed by atoms with Gasteiger partial charge in [-0.25, -0.2) is 4.68 Å². The average Bonchev–Trinajstić information content (AvgIpc) is 2.48. The summed E-state index contributed by atoms with van der Waals surface area (Å²) < 4.78 is 6.52. The van der Waals surface area contributed by atoms with Crippen LogP contribution in [-0.2, 0) is 11.8 Å². The zero-order chi connectivity index (χ0) is 9.68. The lowest BCUT2D eigenvalue weighted by atomic mass is 10.4. The molecule has 0 amide bonds. The van der Waals surface area contributed by atoms with Gasteiger partial charge in [0.25, 0.3) is 0 Å². The van der Waals surface area contributed by atoms with Crippen LogP contribution < -0.4 is 5.73 Å². The molecule has 0 aromatic carbocycles.